The van der Waals surface area contributed by atoms with Crippen molar-refractivity contribution in [1.82, 2.24) is 5.32 Å². The molecule has 80 valence electrons. The quantitative estimate of drug-likeness (QED) is 0.758. The summed E-state index contributed by atoms with van der Waals surface area (Å²) < 4.78 is 0. The molecule has 0 amide bonds. The molecule has 1 aromatic heterocycles. The van der Waals surface area contributed by atoms with E-state index >= 15 is 0 Å². The Morgan fingerprint density at radius 2 is 2.14 bits per heavy atom. The second-order valence-corrected chi connectivity index (χ2v) is 4.89. The highest BCUT2D eigenvalue weighted by atomic mass is 32.1. The van der Waals surface area contributed by atoms with Crippen molar-refractivity contribution < 1.29 is 5.11 Å². The van der Waals surface area contributed by atoms with E-state index in [1.54, 1.807) is 0 Å². The second-order valence-electron chi connectivity index (χ2n) is 3.64. The maximum atomic E-state index is 8.84. The van der Waals surface area contributed by atoms with E-state index < -0.39 is 0 Å². The highest BCUT2D eigenvalue weighted by Gasteiger charge is 2.00. The molecule has 0 aliphatic carbocycles. The average molecular weight is 213 g/mol. The van der Waals surface area contributed by atoms with Gasteiger partial charge in [0.05, 0.1) is 0 Å². The molecule has 2 nitrogen and oxygen atoms in total. The summed E-state index contributed by atoms with van der Waals surface area (Å²) in [6, 6.07) is 4.37. The molecule has 1 unspecified atom stereocenters. The van der Waals surface area contributed by atoms with E-state index in [2.05, 4.69) is 24.4 Å². The molecule has 0 aliphatic rings. The van der Waals surface area contributed by atoms with Crippen LogP contribution >= 0.6 is 11.3 Å². The van der Waals surface area contributed by atoms with E-state index in [-0.39, 0.29) is 6.61 Å². The topological polar surface area (TPSA) is 32.3 Å². The summed E-state index contributed by atoms with van der Waals surface area (Å²) in [6.45, 7) is 6.29. The molecule has 0 saturated heterocycles. The monoisotopic (exact) mass is 213 g/mol. The van der Waals surface area contributed by atoms with Crippen LogP contribution in [0.1, 0.15) is 23.6 Å². The van der Waals surface area contributed by atoms with Gasteiger partial charge < -0.3 is 10.4 Å². The fourth-order valence-corrected chi connectivity index (χ4v) is 2.14. The van der Waals surface area contributed by atoms with Crippen molar-refractivity contribution in [3.63, 3.8) is 0 Å². The molecule has 0 fully saturated rings. The third-order valence-electron chi connectivity index (χ3n) is 2.17. The van der Waals surface area contributed by atoms with Crippen LogP contribution < -0.4 is 5.32 Å². The molecule has 0 aliphatic heterocycles. The SMILES string of the molecule is CCc1ccc(CNCC(C)CO)s1. The van der Waals surface area contributed by atoms with Crippen molar-refractivity contribution in [2.24, 2.45) is 5.92 Å². The minimum absolute atomic E-state index is 0.262. The molecule has 3 heteroatoms. The molecule has 1 heterocycles. The Morgan fingerprint density at radius 3 is 2.71 bits per heavy atom. The maximum Gasteiger partial charge on any atom is 0.0468 e. The minimum Gasteiger partial charge on any atom is -0.396 e. The summed E-state index contributed by atoms with van der Waals surface area (Å²) in [5, 5.41) is 12.2. The first kappa shape index (κ1) is 11.7. The smallest absolute Gasteiger partial charge is 0.0468 e. The Morgan fingerprint density at radius 1 is 1.43 bits per heavy atom. The lowest BCUT2D eigenvalue weighted by molar-refractivity contribution is 0.233. The molecule has 0 radical (unpaired) electrons. The summed E-state index contributed by atoms with van der Waals surface area (Å²) in [7, 11) is 0. The van der Waals surface area contributed by atoms with E-state index in [4.69, 9.17) is 5.11 Å². The summed E-state index contributed by atoms with van der Waals surface area (Å²) in [5.41, 5.74) is 0. The molecule has 2 N–H and O–H groups in total. The van der Waals surface area contributed by atoms with E-state index in [9.17, 15) is 0 Å². The summed E-state index contributed by atoms with van der Waals surface area (Å²) >= 11 is 1.87. The average Bonchev–Trinajstić information content (AvgIpc) is 2.65. The molecule has 0 aromatic carbocycles. The molecule has 1 rings (SSSR count). The predicted molar refractivity (Wildman–Crippen MR) is 61.7 cm³/mol. The fraction of sp³-hybridized carbons (Fsp3) is 0.636. The van der Waals surface area contributed by atoms with Crippen LogP contribution in [0.3, 0.4) is 0 Å². The summed E-state index contributed by atoms with van der Waals surface area (Å²) in [4.78, 5) is 2.82. The Bertz CT molecular complexity index is 260. The number of rotatable bonds is 6. The lowest BCUT2D eigenvalue weighted by atomic mass is 10.2. The molecule has 1 atom stereocenters. The number of aryl methyl sites for hydroxylation is 1. The number of hydrogen-bond donors (Lipinski definition) is 2. The van der Waals surface area contributed by atoms with Crippen LogP contribution in [-0.2, 0) is 13.0 Å². The zero-order chi connectivity index (χ0) is 10.4. The molecule has 0 bridgehead atoms. The highest BCUT2D eigenvalue weighted by molar-refractivity contribution is 7.11. The second kappa shape index (κ2) is 6.17. The third-order valence-corrected chi connectivity index (χ3v) is 3.40. The van der Waals surface area contributed by atoms with E-state index in [0.29, 0.717) is 5.92 Å². The third kappa shape index (κ3) is 3.78. The van der Waals surface area contributed by atoms with Gasteiger partial charge >= 0.3 is 0 Å². The fourth-order valence-electron chi connectivity index (χ4n) is 1.21. The van der Waals surface area contributed by atoms with Crippen LogP contribution in [-0.4, -0.2) is 18.3 Å². The van der Waals surface area contributed by atoms with Gasteiger partial charge in [0.15, 0.2) is 0 Å². The van der Waals surface area contributed by atoms with Crippen molar-refractivity contribution in [2.45, 2.75) is 26.8 Å². The van der Waals surface area contributed by atoms with Crippen molar-refractivity contribution in [3.05, 3.63) is 21.9 Å². The molecule has 0 saturated carbocycles. The lowest BCUT2D eigenvalue weighted by Gasteiger charge is -2.07. The number of aliphatic hydroxyl groups excluding tert-OH is 1. The van der Waals surface area contributed by atoms with Gasteiger partial charge in [-0.15, -0.1) is 11.3 Å². The minimum atomic E-state index is 0.262. The van der Waals surface area contributed by atoms with Crippen LogP contribution in [0.4, 0.5) is 0 Å². The zero-order valence-electron chi connectivity index (χ0n) is 8.92. The van der Waals surface area contributed by atoms with Gasteiger partial charge in [-0.05, 0) is 24.5 Å². The zero-order valence-corrected chi connectivity index (χ0v) is 9.73. The standard InChI is InChI=1S/C11H19NOS/c1-3-10-4-5-11(14-10)7-12-6-9(2)8-13/h4-5,9,12-13H,3,6-8H2,1-2H3. The van der Waals surface area contributed by atoms with Crippen molar-refractivity contribution >= 4 is 11.3 Å². The van der Waals surface area contributed by atoms with Crippen molar-refractivity contribution in [3.8, 4) is 0 Å². The summed E-state index contributed by atoms with van der Waals surface area (Å²) in [6.07, 6.45) is 1.12. The van der Waals surface area contributed by atoms with E-state index in [0.717, 1.165) is 19.5 Å². The van der Waals surface area contributed by atoms with Crippen molar-refractivity contribution in [1.29, 1.82) is 0 Å². The van der Waals surface area contributed by atoms with Crippen LogP contribution in [0.5, 0.6) is 0 Å². The maximum absolute atomic E-state index is 8.84. The lowest BCUT2D eigenvalue weighted by Crippen LogP contribution is -2.22. The number of aliphatic hydroxyl groups is 1. The first-order valence-corrected chi connectivity index (χ1v) is 5.97. The predicted octanol–water partition coefficient (Wildman–Crippen LogP) is 2.03. The Hall–Kier alpha value is -0.380. The number of nitrogens with one attached hydrogen (secondary N) is 1. The Balaban J connectivity index is 2.24. The molecular weight excluding hydrogens is 194 g/mol. The van der Waals surface area contributed by atoms with Crippen molar-refractivity contribution in [2.75, 3.05) is 13.2 Å². The summed E-state index contributed by atoms with van der Waals surface area (Å²) in [5.74, 6) is 0.348. The molecular formula is C11H19NOS. The van der Waals surface area contributed by atoms with E-state index in [1.807, 2.05) is 18.3 Å². The largest absolute Gasteiger partial charge is 0.396 e. The first-order chi connectivity index (χ1) is 6.76. The highest BCUT2D eigenvalue weighted by Crippen LogP contribution is 2.16. The van der Waals surface area contributed by atoms with Gasteiger partial charge in [0.2, 0.25) is 0 Å². The van der Waals surface area contributed by atoms with Crippen LogP contribution in [0.25, 0.3) is 0 Å². The number of thiophene rings is 1. The van der Waals surface area contributed by atoms with Gasteiger partial charge in [0.1, 0.15) is 0 Å². The van der Waals surface area contributed by atoms with Crippen LogP contribution in [0.2, 0.25) is 0 Å². The van der Waals surface area contributed by atoms with Gasteiger partial charge in [0.25, 0.3) is 0 Å². The van der Waals surface area contributed by atoms with Gasteiger partial charge in [-0.2, -0.15) is 0 Å². The normalized spacial score (nSPS) is 13.1. The number of hydrogen-bond acceptors (Lipinski definition) is 3. The molecule has 14 heavy (non-hydrogen) atoms. The van der Waals surface area contributed by atoms with Crippen LogP contribution in [0, 0.1) is 5.92 Å². The van der Waals surface area contributed by atoms with Gasteiger partial charge in [0, 0.05) is 29.5 Å². The van der Waals surface area contributed by atoms with Crippen LogP contribution in [0.15, 0.2) is 12.1 Å². The molecule has 1 aromatic rings. The first-order valence-electron chi connectivity index (χ1n) is 5.15. The van der Waals surface area contributed by atoms with E-state index in [1.165, 1.54) is 9.75 Å². The van der Waals surface area contributed by atoms with Gasteiger partial charge in [-0.25, -0.2) is 0 Å². The van der Waals surface area contributed by atoms with Gasteiger partial charge in [-0.1, -0.05) is 13.8 Å². The Labute approximate surface area is 90.0 Å². The van der Waals surface area contributed by atoms with Gasteiger partial charge in [-0.3, -0.25) is 0 Å². The Kier molecular flexibility index (Phi) is 5.15. The molecule has 0 spiro atoms.